The van der Waals surface area contributed by atoms with Crippen LogP contribution in [0.15, 0.2) is 39.0 Å². The lowest BCUT2D eigenvalue weighted by Gasteiger charge is -2.10. The van der Waals surface area contributed by atoms with Gasteiger partial charge in [-0.05, 0) is 42.6 Å². The second-order valence-electron chi connectivity index (χ2n) is 4.56. The molecule has 0 unspecified atom stereocenters. The van der Waals surface area contributed by atoms with Crippen molar-refractivity contribution in [2.24, 2.45) is 0 Å². The Hall–Kier alpha value is -0.890. The SMILES string of the molecule is CCNCc1sccc1S(=O)(=O)Nc1ccc(C)c(Br)c1. The van der Waals surface area contributed by atoms with E-state index in [1.54, 1.807) is 23.6 Å². The molecule has 1 aromatic carbocycles. The van der Waals surface area contributed by atoms with Crippen LogP contribution in [-0.2, 0) is 16.6 Å². The maximum Gasteiger partial charge on any atom is 0.263 e. The topological polar surface area (TPSA) is 58.2 Å². The van der Waals surface area contributed by atoms with Gasteiger partial charge in [0.15, 0.2) is 0 Å². The van der Waals surface area contributed by atoms with E-state index >= 15 is 0 Å². The molecule has 2 N–H and O–H groups in total. The van der Waals surface area contributed by atoms with Gasteiger partial charge >= 0.3 is 0 Å². The van der Waals surface area contributed by atoms with Crippen LogP contribution in [0, 0.1) is 6.92 Å². The van der Waals surface area contributed by atoms with Crippen molar-refractivity contribution in [2.45, 2.75) is 25.3 Å². The standard InChI is InChI=1S/C14H17BrN2O2S2/c1-3-16-9-13-14(6-7-20-13)21(18,19)17-11-5-4-10(2)12(15)8-11/h4-8,16-17H,3,9H2,1-2H3. The normalized spacial score (nSPS) is 11.6. The molecule has 0 saturated heterocycles. The van der Waals surface area contributed by atoms with Crippen molar-refractivity contribution in [1.29, 1.82) is 0 Å². The summed E-state index contributed by atoms with van der Waals surface area (Å²) >= 11 is 4.85. The summed E-state index contributed by atoms with van der Waals surface area (Å²) in [6, 6.07) is 7.04. The molecule has 1 aromatic heterocycles. The molecular weight excluding hydrogens is 372 g/mol. The van der Waals surface area contributed by atoms with Crippen LogP contribution >= 0.6 is 27.3 Å². The molecule has 21 heavy (non-hydrogen) atoms. The van der Waals surface area contributed by atoms with Gasteiger partial charge in [-0.2, -0.15) is 0 Å². The molecule has 4 nitrogen and oxygen atoms in total. The Morgan fingerprint density at radius 1 is 1.29 bits per heavy atom. The monoisotopic (exact) mass is 388 g/mol. The Bertz CT molecular complexity index is 726. The molecule has 114 valence electrons. The minimum atomic E-state index is -3.56. The highest BCUT2D eigenvalue weighted by atomic mass is 79.9. The quantitative estimate of drug-likeness (QED) is 0.792. The number of hydrogen-bond donors (Lipinski definition) is 2. The number of halogens is 1. The fraction of sp³-hybridized carbons (Fsp3) is 0.286. The maximum atomic E-state index is 12.5. The highest BCUT2D eigenvalue weighted by Gasteiger charge is 2.19. The van der Waals surface area contributed by atoms with Gasteiger partial charge in [0.05, 0.1) is 0 Å². The Labute approximate surface area is 137 Å². The Morgan fingerprint density at radius 2 is 2.05 bits per heavy atom. The summed E-state index contributed by atoms with van der Waals surface area (Å²) < 4.78 is 28.5. The Kier molecular flexibility index (Phi) is 5.43. The zero-order valence-electron chi connectivity index (χ0n) is 11.8. The molecule has 7 heteroatoms. The van der Waals surface area contributed by atoms with E-state index in [0.29, 0.717) is 17.1 Å². The summed E-state index contributed by atoms with van der Waals surface area (Å²) in [4.78, 5) is 1.15. The fourth-order valence-corrected chi connectivity index (χ4v) is 4.64. The van der Waals surface area contributed by atoms with E-state index in [1.807, 2.05) is 19.9 Å². The number of anilines is 1. The van der Waals surface area contributed by atoms with Crippen molar-refractivity contribution in [3.8, 4) is 0 Å². The van der Waals surface area contributed by atoms with Gasteiger partial charge in [0.25, 0.3) is 10.0 Å². The van der Waals surface area contributed by atoms with Gasteiger partial charge in [-0.15, -0.1) is 11.3 Å². The molecule has 0 spiro atoms. The summed E-state index contributed by atoms with van der Waals surface area (Å²) in [5.41, 5.74) is 1.61. The van der Waals surface area contributed by atoms with E-state index in [2.05, 4.69) is 26.0 Å². The van der Waals surface area contributed by atoms with E-state index in [1.165, 1.54) is 11.3 Å². The summed E-state index contributed by atoms with van der Waals surface area (Å²) in [6.45, 7) is 5.30. The molecule has 2 rings (SSSR count). The van der Waals surface area contributed by atoms with E-state index in [-0.39, 0.29) is 0 Å². The van der Waals surface area contributed by atoms with Crippen molar-refractivity contribution in [1.82, 2.24) is 5.32 Å². The number of sulfonamides is 1. The Balaban J connectivity index is 2.26. The number of hydrogen-bond acceptors (Lipinski definition) is 4. The predicted molar refractivity (Wildman–Crippen MR) is 91.4 cm³/mol. The second-order valence-corrected chi connectivity index (χ2v) is 8.06. The van der Waals surface area contributed by atoms with Crippen LogP contribution in [0.25, 0.3) is 0 Å². The summed E-state index contributed by atoms with van der Waals surface area (Å²) in [5.74, 6) is 0. The second kappa shape index (κ2) is 6.91. The zero-order chi connectivity index (χ0) is 15.5. The first-order valence-electron chi connectivity index (χ1n) is 6.50. The molecule has 0 saturated carbocycles. The first-order valence-corrected chi connectivity index (χ1v) is 9.65. The van der Waals surface area contributed by atoms with Crippen LogP contribution in [0.5, 0.6) is 0 Å². The summed E-state index contributed by atoms with van der Waals surface area (Å²) in [5, 5.41) is 4.95. The molecule has 2 aromatic rings. The number of nitrogens with one attached hydrogen (secondary N) is 2. The number of thiophene rings is 1. The van der Waals surface area contributed by atoms with Crippen molar-refractivity contribution in [3.63, 3.8) is 0 Å². The van der Waals surface area contributed by atoms with Crippen LogP contribution in [0.2, 0.25) is 0 Å². The predicted octanol–water partition coefficient (Wildman–Crippen LogP) is 3.73. The van der Waals surface area contributed by atoms with Gasteiger partial charge in [0.1, 0.15) is 4.90 Å². The molecule has 0 aliphatic heterocycles. The van der Waals surface area contributed by atoms with Crippen molar-refractivity contribution >= 4 is 43.0 Å². The largest absolute Gasteiger partial charge is 0.312 e. The van der Waals surface area contributed by atoms with Crippen LogP contribution in [0.3, 0.4) is 0 Å². The molecule has 1 heterocycles. The van der Waals surface area contributed by atoms with Gasteiger partial charge < -0.3 is 5.32 Å². The van der Waals surface area contributed by atoms with Crippen LogP contribution in [0.4, 0.5) is 5.69 Å². The molecule has 0 fully saturated rings. The summed E-state index contributed by atoms with van der Waals surface area (Å²) in [7, 11) is -3.56. The molecule has 0 atom stereocenters. The smallest absolute Gasteiger partial charge is 0.263 e. The average Bonchev–Trinajstić information content (AvgIpc) is 2.89. The lowest BCUT2D eigenvalue weighted by atomic mass is 10.2. The van der Waals surface area contributed by atoms with Crippen LogP contribution in [-0.4, -0.2) is 15.0 Å². The minimum Gasteiger partial charge on any atom is -0.312 e. The van der Waals surface area contributed by atoms with Gasteiger partial charge in [-0.25, -0.2) is 8.42 Å². The third kappa shape index (κ3) is 4.06. The van der Waals surface area contributed by atoms with Gasteiger partial charge in [0, 0.05) is 21.6 Å². The molecule has 0 amide bonds. The van der Waals surface area contributed by atoms with Crippen molar-refractivity contribution in [2.75, 3.05) is 11.3 Å². The highest BCUT2D eigenvalue weighted by molar-refractivity contribution is 9.10. The van der Waals surface area contributed by atoms with Crippen LogP contribution in [0.1, 0.15) is 17.4 Å². The number of aryl methyl sites for hydroxylation is 1. The minimum absolute atomic E-state index is 0.338. The molecule has 0 aliphatic rings. The van der Waals surface area contributed by atoms with Gasteiger partial charge in [0.2, 0.25) is 0 Å². The van der Waals surface area contributed by atoms with E-state index in [0.717, 1.165) is 21.5 Å². The molecular formula is C14H17BrN2O2S2. The van der Waals surface area contributed by atoms with Gasteiger partial charge in [-0.1, -0.05) is 28.9 Å². The lowest BCUT2D eigenvalue weighted by molar-refractivity contribution is 0.599. The van der Waals surface area contributed by atoms with E-state index in [4.69, 9.17) is 0 Å². The van der Waals surface area contributed by atoms with E-state index < -0.39 is 10.0 Å². The van der Waals surface area contributed by atoms with Gasteiger partial charge in [-0.3, -0.25) is 4.72 Å². The highest BCUT2D eigenvalue weighted by Crippen LogP contribution is 2.26. The lowest BCUT2D eigenvalue weighted by Crippen LogP contribution is -2.17. The third-order valence-corrected chi connectivity index (χ3v) is 6.32. The van der Waals surface area contributed by atoms with Crippen molar-refractivity contribution < 1.29 is 8.42 Å². The fourth-order valence-electron chi connectivity index (χ4n) is 1.80. The molecule has 0 aliphatic carbocycles. The molecule has 0 bridgehead atoms. The van der Waals surface area contributed by atoms with Crippen LogP contribution < -0.4 is 10.0 Å². The number of rotatable bonds is 6. The van der Waals surface area contributed by atoms with Crippen molar-refractivity contribution in [3.05, 3.63) is 44.6 Å². The zero-order valence-corrected chi connectivity index (χ0v) is 15.0. The Morgan fingerprint density at radius 3 is 2.71 bits per heavy atom. The first kappa shape index (κ1) is 16.5. The van der Waals surface area contributed by atoms with E-state index in [9.17, 15) is 8.42 Å². The average molecular weight is 389 g/mol. The number of benzene rings is 1. The first-order chi connectivity index (χ1) is 9.94. The molecule has 0 radical (unpaired) electrons. The maximum absolute atomic E-state index is 12.5. The summed E-state index contributed by atoms with van der Waals surface area (Å²) in [6.07, 6.45) is 0. The third-order valence-electron chi connectivity index (χ3n) is 2.95.